The van der Waals surface area contributed by atoms with Crippen LogP contribution in [0.25, 0.3) is 0 Å². The molecule has 202 valence electrons. The largest absolute Gasteiger partial charge is 0.480 e. The van der Waals surface area contributed by atoms with Crippen molar-refractivity contribution in [3.05, 3.63) is 18.2 Å². The van der Waals surface area contributed by atoms with Gasteiger partial charge in [0.2, 0.25) is 17.7 Å². The molecule has 0 saturated carbocycles. The molecule has 0 spiro atoms. The first kappa shape index (κ1) is 30.3. The smallest absolute Gasteiger partial charge is 0.326 e. The number of nitrogens with zero attached hydrogens (tertiary/aromatic N) is 2. The number of aromatic amines is 1. The maximum atomic E-state index is 12.9. The van der Waals surface area contributed by atoms with E-state index in [1.54, 1.807) is 0 Å². The number of hydrogen-bond acceptors (Lipinski definition) is 8. The molecule has 0 aliphatic carbocycles. The van der Waals surface area contributed by atoms with Gasteiger partial charge in [0, 0.05) is 24.9 Å². The fraction of sp³-hybridized carbons (Fsp3) is 0.619. The Hall–Kier alpha value is -3.72. The van der Waals surface area contributed by atoms with E-state index in [9.17, 15) is 29.4 Å². The number of guanidine groups is 1. The number of aliphatic imine (C=N–C) groups is 1. The second kappa shape index (κ2) is 15.3. The Kier molecular flexibility index (Phi) is 12.9. The minimum Gasteiger partial charge on any atom is -0.480 e. The number of imidazole rings is 1. The van der Waals surface area contributed by atoms with Gasteiger partial charge in [-0.2, -0.15) is 0 Å². The fourth-order valence-electron chi connectivity index (χ4n) is 3.21. The van der Waals surface area contributed by atoms with Crippen LogP contribution in [0.1, 0.15) is 38.8 Å². The summed E-state index contributed by atoms with van der Waals surface area (Å²) in [6.45, 7) is 3.08. The van der Waals surface area contributed by atoms with Crippen molar-refractivity contribution in [2.24, 2.45) is 28.1 Å². The van der Waals surface area contributed by atoms with Gasteiger partial charge in [-0.15, -0.1) is 0 Å². The van der Waals surface area contributed by atoms with Crippen LogP contribution in [0.15, 0.2) is 17.5 Å². The number of aromatic nitrogens is 2. The van der Waals surface area contributed by atoms with Gasteiger partial charge in [-0.1, -0.05) is 13.8 Å². The SMILES string of the molecule is CC(C)CC(NC(=O)C(CO)NC(=O)C(N)Cc1cnc[nH]1)C(=O)NC(CCCN=C(N)N)C(=O)O. The Morgan fingerprint density at radius 1 is 1.06 bits per heavy atom. The van der Waals surface area contributed by atoms with Gasteiger partial charge in [0.05, 0.1) is 19.0 Å². The summed E-state index contributed by atoms with van der Waals surface area (Å²) in [5, 5.41) is 26.4. The number of amides is 3. The van der Waals surface area contributed by atoms with E-state index in [-0.39, 0.29) is 37.7 Å². The first-order valence-electron chi connectivity index (χ1n) is 11.5. The lowest BCUT2D eigenvalue weighted by molar-refractivity contribution is -0.142. The second-order valence-corrected chi connectivity index (χ2v) is 8.67. The molecular formula is C21H37N9O6. The molecule has 1 aromatic rings. The van der Waals surface area contributed by atoms with Gasteiger partial charge in [0.1, 0.15) is 18.1 Å². The highest BCUT2D eigenvalue weighted by Gasteiger charge is 2.30. The first-order valence-corrected chi connectivity index (χ1v) is 11.5. The van der Waals surface area contributed by atoms with Gasteiger partial charge in [-0.3, -0.25) is 19.4 Å². The summed E-state index contributed by atoms with van der Waals surface area (Å²) in [5.74, 6) is -3.65. The molecule has 1 aromatic heterocycles. The number of H-pyrrole nitrogens is 1. The Bertz CT molecular complexity index is 886. The van der Waals surface area contributed by atoms with Crippen molar-refractivity contribution in [2.75, 3.05) is 13.2 Å². The van der Waals surface area contributed by atoms with Crippen LogP contribution in [0.2, 0.25) is 0 Å². The molecule has 12 N–H and O–H groups in total. The number of carboxylic acid groups (broad SMARTS) is 1. The molecule has 0 aliphatic heterocycles. The van der Waals surface area contributed by atoms with Crippen molar-refractivity contribution < 1.29 is 29.4 Å². The molecule has 4 atom stereocenters. The molecule has 0 saturated heterocycles. The van der Waals surface area contributed by atoms with Crippen LogP contribution in [-0.4, -0.2) is 87.2 Å². The molecule has 0 aliphatic rings. The molecule has 0 bridgehead atoms. The Labute approximate surface area is 208 Å². The maximum absolute atomic E-state index is 12.9. The molecule has 4 unspecified atom stereocenters. The molecule has 3 amide bonds. The summed E-state index contributed by atoms with van der Waals surface area (Å²) in [6.07, 6.45) is 3.61. The van der Waals surface area contributed by atoms with Crippen molar-refractivity contribution >= 4 is 29.7 Å². The highest BCUT2D eigenvalue weighted by molar-refractivity contribution is 5.94. The van der Waals surface area contributed by atoms with Crippen molar-refractivity contribution in [1.29, 1.82) is 0 Å². The average Bonchev–Trinajstić information content (AvgIpc) is 3.30. The predicted molar refractivity (Wildman–Crippen MR) is 130 cm³/mol. The number of aliphatic hydroxyl groups excluding tert-OH is 1. The van der Waals surface area contributed by atoms with Crippen LogP contribution < -0.4 is 33.2 Å². The van der Waals surface area contributed by atoms with E-state index in [1.807, 2.05) is 13.8 Å². The third kappa shape index (κ3) is 11.1. The van der Waals surface area contributed by atoms with Crippen LogP contribution in [-0.2, 0) is 25.6 Å². The number of nitrogens with one attached hydrogen (secondary N) is 4. The highest BCUT2D eigenvalue weighted by Crippen LogP contribution is 2.08. The Morgan fingerprint density at radius 3 is 2.19 bits per heavy atom. The van der Waals surface area contributed by atoms with Crippen LogP contribution in [0.5, 0.6) is 0 Å². The van der Waals surface area contributed by atoms with Crippen LogP contribution in [0.4, 0.5) is 0 Å². The summed E-state index contributed by atoms with van der Waals surface area (Å²) in [7, 11) is 0. The molecular weight excluding hydrogens is 474 g/mol. The summed E-state index contributed by atoms with van der Waals surface area (Å²) in [4.78, 5) is 60.0. The normalized spacial score (nSPS) is 14.2. The molecule has 15 heteroatoms. The van der Waals surface area contributed by atoms with Crippen molar-refractivity contribution in [2.45, 2.75) is 63.7 Å². The fourth-order valence-corrected chi connectivity index (χ4v) is 3.21. The van der Waals surface area contributed by atoms with Gasteiger partial charge in [-0.05, 0) is 25.2 Å². The number of carboxylic acids is 1. The van der Waals surface area contributed by atoms with E-state index in [1.165, 1.54) is 12.5 Å². The van der Waals surface area contributed by atoms with Gasteiger partial charge in [0.25, 0.3) is 0 Å². The van der Waals surface area contributed by atoms with Crippen molar-refractivity contribution in [1.82, 2.24) is 25.9 Å². The third-order valence-corrected chi connectivity index (χ3v) is 5.05. The van der Waals surface area contributed by atoms with E-state index in [0.29, 0.717) is 12.1 Å². The van der Waals surface area contributed by atoms with Crippen LogP contribution >= 0.6 is 0 Å². The number of carbonyl (C=O) groups is 4. The lowest BCUT2D eigenvalue weighted by Crippen LogP contribution is -2.58. The number of hydrogen-bond donors (Lipinski definition) is 9. The molecule has 36 heavy (non-hydrogen) atoms. The number of aliphatic hydroxyl groups is 1. The summed E-state index contributed by atoms with van der Waals surface area (Å²) in [5.41, 5.74) is 17.0. The predicted octanol–water partition coefficient (Wildman–Crippen LogP) is -3.09. The van der Waals surface area contributed by atoms with E-state index in [4.69, 9.17) is 17.2 Å². The van der Waals surface area contributed by atoms with E-state index in [0.717, 1.165) is 0 Å². The van der Waals surface area contributed by atoms with E-state index < -0.39 is 54.5 Å². The zero-order chi connectivity index (χ0) is 27.3. The second-order valence-electron chi connectivity index (χ2n) is 8.67. The number of aliphatic carboxylic acids is 1. The lowest BCUT2D eigenvalue weighted by atomic mass is 10.0. The minimum atomic E-state index is -1.37. The van der Waals surface area contributed by atoms with E-state index >= 15 is 0 Å². The lowest BCUT2D eigenvalue weighted by Gasteiger charge is -2.25. The first-order chi connectivity index (χ1) is 16.9. The number of carbonyl (C=O) groups excluding carboxylic acids is 3. The van der Waals surface area contributed by atoms with Crippen molar-refractivity contribution in [3.63, 3.8) is 0 Å². The summed E-state index contributed by atoms with van der Waals surface area (Å²) >= 11 is 0. The Balaban J connectivity index is 2.79. The highest BCUT2D eigenvalue weighted by atomic mass is 16.4. The number of rotatable bonds is 16. The molecule has 1 rings (SSSR count). The maximum Gasteiger partial charge on any atom is 0.326 e. The van der Waals surface area contributed by atoms with Crippen LogP contribution in [0, 0.1) is 5.92 Å². The molecule has 0 radical (unpaired) electrons. The van der Waals surface area contributed by atoms with Gasteiger partial charge in [-0.25, -0.2) is 9.78 Å². The standard InChI is InChI=1S/C21H37N9O6/c1-11(2)6-15(18(33)28-14(20(35)36)4-3-5-26-21(23)24)29-19(34)16(9-31)30-17(32)13(22)7-12-8-25-10-27-12/h8,10-11,13-16,31H,3-7,9,22H2,1-2H3,(H,25,27)(H,28,33)(H,29,34)(H,30,32)(H,35,36)(H4,23,24,26). The molecule has 0 aromatic carbocycles. The minimum absolute atomic E-state index is 0.0452. The molecule has 1 heterocycles. The van der Waals surface area contributed by atoms with Gasteiger partial charge >= 0.3 is 5.97 Å². The topological polar surface area (TPSA) is 264 Å². The molecule has 0 fully saturated rings. The molecule has 15 nitrogen and oxygen atoms in total. The zero-order valence-electron chi connectivity index (χ0n) is 20.4. The quantitative estimate of drug-likeness (QED) is 0.0613. The zero-order valence-corrected chi connectivity index (χ0v) is 20.4. The van der Waals surface area contributed by atoms with Gasteiger partial charge in [0.15, 0.2) is 5.96 Å². The monoisotopic (exact) mass is 511 g/mol. The Morgan fingerprint density at radius 2 is 1.67 bits per heavy atom. The van der Waals surface area contributed by atoms with Crippen LogP contribution in [0.3, 0.4) is 0 Å². The summed E-state index contributed by atoms with van der Waals surface area (Å²) in [6, 6.07) is -4.73. The average molecular weight is 512 g/mol. The van der Waals surface area contributed by atoms with Gasteiger partial charge < -0.3 is 48.3 Å². The summed E-state index contributed by atoms with van der Waals surface area (Å²) < 4.78 is 0. The number of nitrogens with two attached hydrogens (primary N) is 3. The third-order valence-electron chi connectivity index (χ3n) is 5.05. The van der Waals surface area contributed by atoms with E-state index in [2.05, 4.69) is 30.9 Å². The van der Waals surface area contributed by atoms with Crippen molar-refractivity contribution in [3.8, 4) is 0 Å².